The number of rotatable bonds is 5. The van der Waals surface area contributed by atoms with Gasteiger partial charge in [-0.25, -0.2) is 4.39 Å². The average Bonchev–Trinajstić information content (AvgIpc) is 2.41. The van der Waals surface area contributed by atoms with Crippen LogP contribution in [-0.2, 0) is 12.8 Å². The van der Waals surface area contributed by atoms with Gasteiger partial charge in [0.05, 0.1) is 0 Å². The topological polar surface area (TPSA) is 12.0 Å². The Hall–Kier alpha value is -1.19. The summed E-state index contributed by atoms with van der Waals surface area (Å²) in [6.45, 7) is 2.11. The molecule has 0 aliphatic heterocycles. The third-order valence-corrected chi connectivity index (χ3v) is 4.19. The first-order valence-electron chi connectivity index (χ1n) is 6.75. The summed E-state index contributed by atoms with van der Waals surface area (Å²) in [6, 6.07) is 13.8. The van der Waals surface area contributed by atoms with Gasteiger partial charge in [0.1, 0.15) is 5.82 Å². The number of aryl methyl sites for hydroxylation is 1. The highest BCUT2D eigenvalue weighted by molar-refractivity contribution is 9.10. The summed E-state index contributed by atoms with van der Waals surface area (Å²) in [7, 11) is 1.97. The SMILES string of the molecule is CNC(Cc1cccc(C)c1)Cc1ccc(F)cc1Br. The Morgan fingerprint density at radius 3 is 2.60 bits per heavy atom. The van der Waals surface area contributed by atoms with Crippen molar-refractivity contribution in [3.8, 4) is 0 Å². The number of halogens is 2. The van der Waals surface area contributed by atoms with E-state index in [1.807, 2.05) is 13.1 Å². The lowest BCUT2D eigenvalue weighted by atomic mass is 9.98. The fourth-order valence-corrected chi connectivity index (χ4v) is 2.87. The van der Waals surface area contributed by atoms with E-state index < -0.39 is 0 Å². The van der Waals surface area contributed by atoms with E-state index in [9.17, 15) is 4.39 Å². The Labute approximate surface area is 128 Å². The van der Waals surface area contributed by atoms with E-state index in [0.29, 0.717) is 6.04 Å². The van der Waals surface area contributed by atoms with Gasteiger partial charge in [0.15, 0.2) is 0 Å². The molecule has 2 aromatic carbocycles. The van der Waals surface area contributed by atoms with Crippen LogP contribution in [0.2, 0.25) is 0 Å². The van der Waals surface area contributed by atoms with E-state index in [0.717, 1.165) is 22.9 Å². The summed E-state index contributed by atoms with van der Waals surface area (Å²) in [6.07, 6.45) is 1.83. The Morgan fingerprint density at radius 2 is 1.95 bits per heavy atom. The fraction of sp³-hybridized carbons (Fsp3) is 0.294. The van der Waals surface area contributed by atoms with Gasteiger partial charge in [-0.1, -0.05) is 51.8 Å². The van der Waals surface area contributed by atoms with Crippen LogP contribution < -0.4 is 5.32 Å². The second-order valence-corrected chi connectivity index (χ2v) is 5.97. The van der Waals surface area contributed by atoms with E-state index in [1.165, 1.54) is 23.3 Å². The van der Waals surface area contributed by atoms with Crippen LogP contribution in [0.4, 0.5) is 4.39 Å². The minimum absolute atomic E-state index is 0.208. The second kappa shape index (κ2) is 7.00. The molecule has 20 heavy (non-hydrogen) atoms. The normalized spacial score (nSPS) is 12.4. The third-order valence-electron chi connectivity index (χ3n) is 3.45. The number of benzene rings is 2. The summed E-state index contributed by atoms with van der Waals surface area (Å²) in [4.78, 5) is 0. The van der Waals surface area contributed by atoms with Crippen molar-refractivity contribution in [2.75, 3.05) is 7.05 Å². The van der Waals surface area contributed by atoms with Gasteiger partial charge in [-0.05, 0) is 50.1 Å². The Kier molecular flexibility index (Phi) is 5.32. The van der Waals surface area contributed by atoms with Crippen molar-refractivity contribution in [1.82, 2.24) is 5.32 Å². The van der Waals surface area contributed by atoms with Crippen molar-refractivity contribution < 1.29 is 4.39 Å². The molecule has 0 heterocycles. The molecule has 1 nitrogen and oxygen atoms in total. The molecular weight excluding hydrogens is 317 g/mol. The molecule has 2 rings (SSSR count). The quantitative estimate of drug-likeness (QED) is 0.860. The first kappa shape index (κ1) is 15.2. The molecule has 0 amide bonds. The zero-order valence-electron chi connectivity index (χ0n) is 11.8. The molecule has 0 saturated carbocycles. The van der Waals surface area contributed by atoms with Crippen molar-refractivity contribution in [1.29, 1.82) is 0 Å². The number of nitrogens with one attached hydrogen (secondary N) is 1. The molecule has 1 N–H and O–H groups in total. The summed E-state index contributed by atoms with van der Waals surface area (Å²) >= 11 is 3.43. The smallest absolute Gasteiger partial charge is 0.124 e. The van der Waals surface area contributed by atoms with Crippen LogP contribution in [0.5, 0.6) is 0 Å². The van der Waals surface area contributed by atoms with Crippen molar-refractivity contribution in [2.45, 2.75) is 25.8 Å². The van der Waals surface area contributed by atoms with Gasteiger partial charge in [-0.2, -0.15) is 0 Å². The zero-order chi connectivity index (χ0) is 14.5. The van der Waals surface area contributed by atoms with Gasteiger partial charge >= 0.3 is 0 Å². The molecular formula is C17H19BrFN. The largest absolute Gasteiger partial charge is 0.316 e. The Morgan fingerprint density at radius 1 is 1.15 bits per heavy atom. The number of hydrogen-bond acceptors (Lipinski definition) is 1. The van der Waals surface area contributed by atoms with Crippen molar-refractivity contribution in [3.63, 3.8) is 0 Å². The van der Waals surface area contributed by atoms with Crippen molar-refractivity contribution in [3.05, 3.63) is 69.4 Å². The molecule has 106 valence electrons. The number of likely N-dealkylation sites (N-methyl/N-ethyl adjacent to an activating group) is 1. The highest BCUT2D eigenvalue weighted by Crippen LogP contribution is 2.20. The predicted molar refractivity (Wildman–Crippen MR) is 85.5 cm³/mol. The lowest BCUT2D eigenvalue weighted by Gasteiger charge is -2.17. The summed E-state index contributed by atoms with van der Waals surface area (Å²) in [5.74, 6) is -0.208. The van der Waals surface area contributed by atoms with Crippen LogP contribution in [0.25, 0.3) is 0 Å². The van der Waals surface area contributed by atoms with Gasteiger partial charge in [0.2, 0.25) is 0 Å². The molecule has 1 atom stereocenters. The van der Waals surface area contributed by atoms with Crippen molar-refractivity contribution in [2.24, 2.45) is 0 Å². The second-order valence-electron chi connectivity index (χ2n) is 5.12. The van der Waals surface area contributed by atoms with Gasteiger partial charge < -0.3 is 5.32 Å². The van der Waals surface area contributed by atoms with E-state index in [-0.39, 0.29) is 5.82 Å². The molecule has 0 bridgehead atoms. The van der Waals surface area contributed by atoms with Crippen LogP contribution in [0, 0.1) is 12.7 Å². The zero-order valence-corrected chi connectivity index (χ0v) is 13.4. The lowest BCUT2D eigenvalue weighted by Crippen LogP contribution is -2.30. The maximum atomic E-state index is 13.1. The van der Waals surface area contributed by atoms with E-state index in [2.05, 4.69) is 52.4 Å². The van der Waals surface area contributed by atoms with Gasteiger partial charge in [0, 0.05) is 10.5 Å². The molecule has 0 aliphatic rings. The van der Waals surface area contributed by atoms with Crippen LogP contribution >= 0.6 is 15.9 Å². The molecule has 0 aromatic heterocycles. The monoisotopic (exact) mass is 335 g/mol. The molecule has 0 saturated heterocycles. The molecule has 0 fully saturated rings. The minimum Gasteiger partial charge on any atom is -0.316 e. The first-order chi connectivity index (χ1) is 9.58. The predicted octanol–water partition coefficient (Wildman–Crippen LogP) is 4.27. The third kappa shape index (κ3) is 4.15. The van der Waals surface area contributed by atoms with E-state index >= 15 is 0 Å². The minimum atomic E-state index is -0.208. The summed E-state index contributed by atoms with van der Waals surface area (Å²) in [5.41, 5.74) is 3.72. The Balaban J connectivity index is 2.09. The maximum absolute atomic E-state index is 13.1. The standard InChI is InChI=1S/C17H19BrFN/c1-12-4-3-5-13(8-12)9-16(20-2)10-14-6-7-15(19)11-17(14)18/h3-8,11,16,20H,9-10H2,1-2H3. The molecule has 3 heteroatoms. The highest BCUT2D eigenvalue weighted by atomic mass is 79.9. The van der Waals surface area contributed by atoms with Crippen LogP contribution in [0.15, 0.2) is 46.9 Å². The van der Waals surface area contributed by atoms with Gasteiger partial charge in [0.25, 0.3) is 0 Å². The molecule has 0 spiro atoms. The van der Waals surface area contributed by atoms with Crippen LogP contribution in [0.1, 0.15) is 16.7 Å². The van der Waals surface area contributed by atoms with Gasteiger partial charge in [-0.3, -0.25) is 0 Å². The van der Waals surface area contributed by atoms with Crippen LogP contribution in [0.3, 0.4) is 0 Å². The first-order valence-corrected chi connectivity index (χ1v) is 7.54. The fourth-order valence-electron chi connectivity index (χ4n) is 2.35. The summed E-state index contributed by atoms with van der Waals surface area (Å²) in [5, 5.41) is 3.35. The maximum Gasteiger partial charge on any atom is 0.124 e. The molecule has 0 radical (unpaired) electrons. The lowest BCUT2D eigenvalue weighted by molar-refractivity contribution is 0.554. The van der Waals surface area contributed by atoms with Crippen molar-refractivity contribution >= 4 is 15.9 Å². The number of hydrogen-bond donors (Lipinski definition) is 1. The van der Waals surface area contributed by atoms with E-state index in [4.69, 9.17) is 0 Å². The Bertz CT molecular complexity index is 583. The molecule has 2 aromatic rings. The molecule has 0 aliphatic carbocycles. The van der Waals surface area contributed by atoms with E-state index in [1.54, 1.807) is 0 Å². The highest BCUT2D eigenvalue weighted by Gasteiger charge is 2.11. The summed E-state index contributed by atoms with van der Waals surface area (Å²) < 4.78 is 13.9. The average molecular weight is 336 g/mol. The molecule has 1 unspecified atom stereocenters. The van der Waals surface area contributed by atoms with Crippen LogP contribution in [-0.4, -0.2) is 13.1 Å². The van der Waals surface area contributed by atoms with Gasteiger partial charge in [-0.15, -0.1) is 0 Å².